The zero-order valence-electron chi connectivity index (χ0n) is 9.36. The van der Waals surface area contributed by atoms with Crippen LogP contribution in [0, 0.1) is 0 Å². The highest BCUT2D eigenvalue weighted by Gasteiger charge is 2.04. The third-order valence-electron chi connectivity index (χ3n) is 2.02. The SMILES string of the molecule is Clc1ccc(O[B]c2ccccc2)c(Cl)c1.O.O. The molecule has 2 aromatic rings. The van der Waals surface area contributed by atoms with Crippen molar-refractivity contribution in [2.75, 3.05) is 0 Å². The van der Waals surface area contributed by atoms with E-state index in [-0.39, 0.29) is 11.0 Å². The molecule has 0 spiro atoms. The Morgan fingerprint density at radius 3 is 2.17 bits per heavy atom. The van der Waals surface area contributed by atoms with Gasteiger partial charge in [-0.15, -0.1) is 0 Å². The van der Waals surface area contributed by atoms with Gasteiger partial charge in [-0.25, -0.2) is 0 Å². The van der Waals surface area contributed by atoms with Gasteiger partial charge in [0.05, 0.1) is 5.02 Å². The molecule has 0 fully saturated rings. The second kappa shape index (κ2) is 8.00. The molecule has 0 atom stereocenters. The van der Waals surface area contributed by atoms with E-state index in [2.05, 4.69) is 0 Å². The summed E-state index contributed by atoms with van der Waals surface area (Å²) >= 11 is 11.8. The summed E-state index contributed by atoms with van der Waals surface area (Å²) in [5.41, 5.74) is 0.980. The molecule has 0 amide bonds. The lowest BCUT2D eigenvalue weighted by Gasteiger charge is -2.07. The lowest BCUT2D eigenvalue weighted by molar-refractivity contribution is 0.605. The fourth-order valence-electron chi connectivity index (χ4n) is 1.23. The van der Waals surface area contributed by atoms with Crippen molar-refractivity contribution in [3.63, 3.8) is 0 Å². The van der Waals surface area contributed by atoms with Gasteiger partial charge in [0.1, 0.15) is 5.75 Å². The van der Waals surface area contributed by atoms with Crippen molar-refractivity contribution < 1.29 is 15.6 Å². The fraction of sp³-hybridized carbons (Fsp3) is 0. The van der Waals surface area contributed by atoms with E-state index in [4.69, 9.17) is 27.9 Å². The molecule has 18 heavy (non-hydrogen) atoms. The van der Waals surface area contributed by atoms with Gasteiger partial charge in [0.15, 0.2) is 0 Å². The van der Waals surface area contributed by atoms with Gasteiger partial charge >= 0.3 is 7.48 Å². The summed E-state index contributed by atoms with van der Waals surface area (Å²) < 4.78 is 5.46. The standard InChI is InChI=1S/C12H8BCl2O.2H2O/c14-10-6-7-12(11(15)8-10)16-13-9-4-2-1-3-5-9;;/h1-8H;2*1H2. The summed E-state index contributed by atoms with van der Waals surface area (Å²) in [4.78, 5) is 0. The first-order valence-corrected chi connectivity index (χ1v) is 5.51. The number of halogens is 2. The first kappa shape index (κ1) is 16.8. The van der Waals surface area contributed by atoms with E-state index in [0.29, 0.717) is 15.8 Å². The van der Waals surface area contributed by atoms with Crippen LogP contribution in [0.5, 0.6) is 5.75 Å². The summed E-state index contributed by atoms with van der Waals surface area (Å²) in [7, 11) is 1.65. The van der Waals surface area contributed by atoms with Gasteiger partial charge in [-0.1, -0.05) is 53.5 Å². The lowest BCUT2D eigenvalue weighted by Crippen LogP contribution is -2.19. The summed E-state index contributed by atoms with van der Waals surface area (Å²) in [6.45, 7) is 0. The highest BCUT2D eigenvalue weighted by molar-refractivity contribution is 6.48. The fourth-order valence-corrected chi connectivity index (χ4v) is 1.69. The predicted molar refractivity (Wildman–Crippen MR) is 76.1 cm³/mol. The van der Waals surface area contributed by atoms with Crippen molar-refractivity contribution in [3.8, 4) is 5.75 Å². The Balaban J connectivity index is 0.00000144. The average molecular weight is 286 g/mol. The Bertz CT molecular complexity index is 480. The van der Waals surface area contributed by atoms with Crippen molar-refractivity contribution in [1.82, 2.24) is 0 Å². The molecule has 3 nitrogen and oxygen atoms in total. The van der Waals surface area contributed by atoms with Gasteiger partial charge in [0, 0.05) is 5.02 Å². The van der Waals surface area contributed by atoms with Crippen molar-refractivity contribution in [2.24, 2.45) is 0 Å². The quantitative estimate of drug-likeness (QED) is 0.791. The molecule has 1 radical (unpaired) electrons. The van der Waals surface area contributed by atoms with Crippen LogP contribution in [0.3, 0.4) is 0 Å². The van der Waals surface area contributed by atoms with Gasteiger partial charge in [0.2, 0.25) is 0 Å². The number of hydrogen-bond donors (Lipinski definition) is 0. The van der Waals surface area contributed by atoms with Gasteiger partial charge in [0.25, 0.3) is 0 Å². The topological polar surface area (TPSA) is 72.2 Å². The van der Waals surface area contributed by atoms with Crippen molar-refractivity contribution in [2.45, 2.75) is 0 Å². The zero-order valence-corrected chi connectivity index (χ0v) is 10.9. The van der Waals surface area contributed by atoms with E-state index in [9.17, 15) is 0 Å². The van der Waals surface area contributed by atoms with Gasteiger partial charge in [-0.05, 0) is 23.7 Å². The molecule has 0 saturated heterocycles. The predicted octanol–water partition coefficient (Wildman–Crippen LogP) is 1.67. The smallest absolute Gasteiger partial charge is 0.408 e. The number of rotatable bonds is 3. The van der Waals surface area contributed by atoms with Crippen LogP contribution >= 0.6 is 23.2 Å². The minimum atomic E-state index is 0. The highest BCUT2D eigenvalue weighted by Crippen LogP contribution is 2.26. The van der Waals surface area contributed by atoms with Crippen LogP contribution in [-0.2, 0) is 0 Å². The van der Waals surface area contributed by atoms with E-state index < -0.39 is 0 Å². The Kier molecular flexibility index (Phi) is 7.47. The van der Waals surface area contributed by atoms with Crippen molar-refractivity contribution in [3.05, 3.63) is 58.6 Å². The molecular weight excluding hydrogens is 274 g/mol. The van der Waals surface area contributed by atoms with Gasteiger partial charge in [-0.2, -0.15) is 0 Å². The minimum absolute atomic E-state index is 0. The monoisotopic (exact) mass is 285 g/mol. The van der Waals surface area contributed by atoms with Crippen LogP contribution in [0.15, 0.2) is 48.5 Å². The number of hydrogen-bond acceptors (Lipinski definition) is 1. The van der Waals surface area contributed by atoms with Crippen molar-refractivity contribution >= 4 is 36.1 Å². The van der Waals surface area contributed by atoms with E-state index in [1.54, 1.807) is 25.7 Å². The second-order valence-corrected chi connectivity index (χ2v) is 4.06. The normalized spacial score (nSPS) is 8.78. The molecule has 2 rings (SSSR count). The van der Waals surface area contributed by atoms with Crippen molar-refractivity contribution in [1.29, 1.82) is 0 Å². The maximum atomic E-state index is 5.97. The summed E-state index contributed by atoms with van der Waals surface area (Å²) in [5.74, 6) is 0.593. The third-order valence-corrected chi connectivity index (χ3v) is 2.55. The lowest BCUT2D eigenvalue weighted by atomic mass is 9.88. The van der Waals surface area contributed by atoms with Crippen LogP contribution in [0.1, 0.15) is 0 Å². The van der Waals surface area contributed by atoms with Crippen LogP contribution in [0.4, 0.5) is 0 Å². The molecule has 0 aromatic heterocycles. The number of benzene rings is 2. The van der Waals surface area contributed by atoms with E-state index >= 15 is 0 Å². The Hall–Kier alpha value is -1.20. The second-order valence-electron chi connectivity index (χ2n) is 3.22. The molecule has 95 valence electrons. The Labute approximate surface area is 116 Å². The molecule has 6 heteroatoms. The van der Waals surface area contributed by atoms with E-state index in [1.807, 2.05) is 30.3 Å². The van der Waals surface area contributed by atoms with E-state index in [1.165, 1.54) is 0 Å². The highest BCUT2D eigenvalue weighted by atomic mass is 35.5. The molecule has 0 heterocycles. The average Bonchev–Trinajstić information content (AvgIpc) is 2.29. The maximum absolute atomic E-state index is 5.97. The van der Waals surface area contributed by atoms with Crippen LogP contribution < -0.4 is 10.1 Å². The first-order chi connectivity index (χ1) is 7.75. The zero-order chi connectivity index (χ0) is 11.4. The third kappa shape index (κ3) is 4.59. The Morgan fingerprint density at radius 1 is 0.889 bits per heavy atom. The minimum Gasteiger partial charge on any atom is -0.557 e. The molecule has 0 saturated carbocycles. The summed E-state index contributed by atoms with van der Waals surface area (Å²) in [5, 5.41) is 1.09. The molecule has 0 aliphatic rings. The van der Waals surface area contributed by atoms with Crippen LogP contribution in [0.25, 0.3) is 0 Å². The molecule has 2 aromatic carbocycles. The van der Waals surface area contributed by atoms with Gasteiger partial charge < -0.3 is 15.6 Å². The molecule has 0 unspecified atom stereocenters. The summed E-state index contributed by atoms with van der Waals surface area (Å²) in [6.07, 6.45) is 0. The molecule has 0 aliphatic carbocycles. The van der Waals surface area contributed by atoms with Crippen LogP contribution in [0.2, 0.25) is 10.0 Å². The van der Waals surface area contributed by atoms with Gasteiger partial charge in [-0.3, -0.25) is 0 Å². The molecular formula is C12H12BCl2O3. The maximum Gasteiger partial charge on any atom is 0.408 e. The van der Waals surface area contributed by atoms with Crippen LogP contribution in [-0.4, -0.2) is 18.4 Å². The van der Waals surface area contributed by atoms with E-state index in [0.717, 1.165) is 5.46 Å². The summed E-state index contributed by atoms with van der Waals surface area (Å²) in [6, 6.07) is 14.9. The molecule has 0 bridgehead atoms. The molecule has 0 aliphatic heterocycles. The molecule has 4 N–H and O–H groups in total. The largest absolute Gasteiger partial charge is 0.557 e. The first-order valence-electron chi connectivity index (χ1n) is 4.76. The Morgan fingerprint density at radius 2 is 1.56 bits per heavy atom.